The van der Waals surface area contributed by atoms with Crippen molar-refractivity contribution in [2.24, 2.45) is 0 Å². The summed E-state index contributed by atoms with van der Waals surface area (Å²) in [6.45, 7) is 1.44. The Balaban J connectivity index is 1.72. The maximum absolute atomic E-state index is 12.1. The quantitative estimate of drug-likeness (QED) is 0.464. The van der Waals surface area contributed by atoms with Gasteiger partial charge in [0, 0.05) is 5.92 Å². The molecule has 0 unspecified atom stereocenters. The minimum Gasteiger partial charge on any atom is -0.449 e. The normalized spacial score (nSPS) is 14.3. The third-order valence-corrected chi connectivity index (χ3v) is 4.59. The van der Waals surface area contributed by atoms with Gasteiger partial charge in [0.15, 0.2) is 0 Å². The van der Waals surface area contributed by atoms with Gasteiger partial charge in [-0.05, 0) is 29.2 Å². The average Bonchev–Trinajstić information content (AvgIpc) is 2.98. The van der Waals surface area contributed by atoms with E-state index < -0.39 is 24.0 Å². The van der Waals surface area contributed by atoms with Crippen molar-refractivity contribution in [3.63, 3.8) is 0 Å². The van der Waals surface area contributed by atoms with Gasteiger partial charge in [0.2, 0.25) is 0 Å². The van der Waals surface area contributed by atoms with Crippen LogP contribution < -0.4 is 5.32 Å². The number of rotatable bonds is 6. The van der Waals surface area contributed by atoms with Gasteiger partial charge in [-0.25, -0.2) is 4.79 Å². The van der Waals surface area contributed by atoms with Crippen molar-refractivity contribution >= 4 is 18.1 Å². The fourth-order valence-electron chi connectivity index (χ4n) is 3.33. The van der Waals surface area contributed by atoms with E-state index in [2.05, 4.69) is 10.1 Å². The number of alkyl carbamates (subject to hydrolysis) is 1. The van der Waals surface area contributed by atoms with Crippen molar-refractivity contribution in [3.05, 3.63) is 65.2 Å². The zero-order chi connectivity index (χ0) is 19.4. The molecule has 2 aromatic carbocycles. The second kappa shape index (κ2) is 7.95. The Morgan fingerprint density at radius 2 is 1.74 bits per heavy atom. The van der Waals surface area contributed by atoms with Gasteiger partial charge >= 0.3 is 12.3 Å². The number of hydrogen-bond donors (Lipinski definition) is 2. The van der Waals surface area contributed by atoms with E-state index in [-0.39, 0.29) is 12.5 Å². The Morgan fingerprint density at radius 1 is 1.19 bits per heavy atom. The van der Waals surface area contributed by atoms with Gasteiger partial charge in [-0.3, -0.25) is 4.79 Å². The number of aliphatic hydroxyl groups excluding tert-OH is 1. The molecule has 3 rings (SSSR count). The number of nitrogens with one attached hydrogen (secondary N) is 1. The molecule has 1 aliphatic carbocycles. The van der Waals surface area contributed by atoms with Crippen LogP contribution in [-0.2, 0) is 9.53 Å². The van der Waals surface area contributed by atoms with Gasteiger partial charge in [0.1, 0.15) is 12.6 Å². The van der Waals surface area contributed by atoms with Crippen molar-refractivity contribution in [1.29, 1.82) is 0 Å². The molecule has 0 spiro atoms. The van der Waals surface area contributed by atoms with Crippen LogP contribution in [-0.4, -0.2) is 46.7 Å². The SMILES string of the molecule is C[C@H](O)[C@@H](NC(=O)OCC1c2ccccc2-c2ccccc21)C(=O)C=[N+]=[N-]. The van der Waals surface area contributed by atoms with Gasteiger partial charge in [0.25, 0.3) is 5.78 Å². The van der Waals surface area contributed by atoms with E-state index >= 15 is 0 Å². The zero-order valence-electron chi connectivity index (χ0n) is 14.7. The van der Waals surface area contributed by atoms with E-state index in [0.717, 1.165) is 22.3 Å². The van der Waals surface area contributed by atoms with Gasteiger partial charge in [-0.15, -0.1) is 0 Å². The maximum atomic E-state index is 12.1. The highest BCUT2D eigenvalue weighted by molar-refractivity contribution is 6.28. The van der Waals surface area contributed by atoms with Crippen molar-refractivity contribution < 1.29 is 24.2 Å². The number of carbonyl (C=O) groups is 2. The maximum Gasteiger partial charge on any atom is 0.407 e. The zero-order valence-corrected chi connectivity index (χ0v) is 14.7. The Morgan fingerprint density at radius 3 is 2.26 bits per heavy atom. The number of Topliss-reactive ketones (excluding diaryl/α,β-unsaturated/α-hetero) is 1. The third-order valence-electron chi connectivity index (χ3n) is 4.59. The molecule has 2 aromatic rings. The molecule has 2 N–H and O–H groups in total. The molecule has 1 amide bonds. The Kier molecular flexibility index (Phi) is 5.45. The fourth-order valence-corrected chi connectivity index (χ4v) is 3.33. The predicted octanol–water partition coefficient (Wildman–Crippen LogP) is 2.14. The second-order valence-electron chi connectivity index (χ2n) is 6.34. The van der Waals surface area contributed by atoms with E-state index in [1.165, 1.54) is 6.92 Å². The highest BCUT2D eigenvalue weighted by atomic mass is 16.5. The molecule has 0 fully saturated rings. The minimum atomic E-state index is -1.25. The van der Waals surface area contributed by atoms with Gasteiger partial charge in [-0.2, -0.15) is 4.79 Å². The first-order valence-corrected chi connectivity index (χ1v) is 8.53. The predicted molar refractivity (Wildman–Crippen MR) is 98.4 cm³/mol. The standard InChI is InChI=1S/C20H19N3O4/c1-12(24)19(18(25)10-22-21)23-20(26)27-11-17-15-8-4-2-6-13(15)14-7-3-5-9-16(14)17/h2-10,12,17,19,24H,11H2,1H3,(H,23,26)/t12-,19+/m0/s1. The summed E-state index contributed by atoms with van der Waals surface area (Å²) in [4.78, 5) is 26.5. The van der Waals surface area contributed by atoms with Gasteiger partial charge in [-0.1, -0.05) is 48.5 Å². The minimum absolute atomic E-state index is 0.0919. The Labute approximate surface area is 156 Å². The van der Waals surface area contributed by atoms with Crippen LogP contribution in [0.1, 0.15) is 24.0 Å². The molecule has 138 valence electrons. The molecular formula is C20H19N3O4. The van der Waals surface area contributed by atoms with E-state index in [9.17, 15) is 14.7 Å². The first-order valence-electron chi connectivity index (χ1n) is 8.53. The van der Waals surface area contributed by atoms with E-state index in [1.807, 2.05) is 48.5 Å². The molecule has 27 heavy (non-hydrogen) atoms. The first kappa shape index (κ1) is 18.5. The van der Waals surface area contributed by atoms with Crippen LogP contribution in [0.3, 0.4) is 0 Å². The van der Waals surface area contributed by atoms with Gasteiger partial charge < -0.3 is 20.7 Å². The van der Waals surface area contributed by atoms with Crippen molar-refractivity contribution in [2.75, 3.05) is 6.61 Å². The lowest BCUT2D eigenvalue weighted by molar-refractivity contribution is -0.120. The molecule has 0 bridgehead atoms. The van der Waals surface area contributed by atoms with E-state index in [4.69, 9.17) is 10.3 Å². The number of nitrogens with zero attached hydrogens (tertiary/aromatic N) is 2. The molecule has 0 saturated carbocycles. The van der Waals surface area contributed by atoms with E-state index in [0.29, 0.717) is 6.21 Å². The lowest BCUT2D eigenvalue weighted by Crippen LogP contribution is -2.48. The molecular weight excluding hydrogens is 346 g/mol. The van der Waals surface area contributed by atoms with Crippen LogP contribution in [0.5, 0.6) is 0 Å². The molecule has 0 aliphatic heterocycles. The molecule has 0 heterocycles. The highest BCUT2D eigenvalue weighted by Gasteiger charge is 2.31. The summed E-state index contributed by atoms with van der Waals surface area (Å²) in [5.41, 5.74) is 12.8. The largest absolute Gasteiger partial charge is 0.449 e. The summed E-state index contributed by atoms with van der Waals surface area (Å²) in [5.74, 6) is -0.844. The molecule has 0 radical (unpaired) electrons. The van der Waals surface area contributed by atoms with Gasteiger partial charge in [0.05, 0.1) is 6.10 Å². The number of hydrogen-bond acceptors (Lipinski definition) is 4. The number of ether oxygens (including phenoxy) is 1. The molecule has 7 nitrogen and oxygen atoms in total. The van der Waals surface area contributed by atoms with E-state index in [1.54, 1.807) is 0 Å². The molecule has 1 aliphatic rings. The van der Waals surface area contributed by atoms with Crippen LogP contribution >= 0.6 is 0 Å². The number of carbonyl (C=O) groups excluding carboxylic acids is 2. The topological polar surface area (TPSA) is 112 Å². The summed E-state index contributed by atoms with van der Waals surface area (Å²) in [6, 6.07) is 14.6. The third kappa shape index (κ3) is 3.79. The monoisotopic (exact) mass is 365 g/mol. The second-order valence-corrected chi connectivity index (χ2v) is 6.34. The molecule has 0 saturated heterocycles. The Bertz CT molecular complexity index is 873. The summed E-state index contributed by atoms with van der Waals surface area (Å²) in [7, 11) is 0. The Hall–Kier alpha value is -3.28. The summed E-state index contributed by atoms with van der Waals surface area (Å²) in [6.07, 6.45) is -1.38. The molecule has 0 aromatic heterocycles. The van der Waals surface area contributed by atoms with Crippen LogP contribution in [0, 0.1) is 0 Å². The lowest BCUT2D eigenvalue weighted by atomic mass is 9.98. The summed E-state index contributed by atoms with van der Waals surface area (Å²) >= 11 is 0. The first-order chi connectivity index (χ1) is 13.0. The van der Waals surface area contributed by atoms with Crippen LogP contribution in [0.2, 0.25) is 0 Å². The number of ketones is 1. The number of aliphatic hydroxyl groups is 1. The number of amides is 1. The van der Waals surface area contributed by atoms with Crippen LogP contribution in [0.25, 0.3) is 16.7 Å². The number of fused-ring (bicyclic) bond motifs is 3. The van der Waals surface area contributed by atoms with Crippen molar-refractivity contribution in [2.45, 2.75) is 25.0 Å². The smallest absolute Gasteiger partial charge is 0.407 e. The van der Waals surface area contributed by atoms with Crippen molar-refractivity contribution in [3.8, 4) is 11.1 Å². The molecule has 7 heteroatoms. The highest BCUT2D eigenvalue weighted by Crippen LogP contribution is 2.44. The van der Waals surface area contributed by atoms with Crippen LogP contribution in [0.4, 0.5) is 4.79 Å². The summed E-state index contributed by atoms with van der Waals surface area (Å²) < 4.78 is 5.33. The fraction of sp³-hybridized carbons (Fsp3) is 0.250. The van der Waals surface area contributed by atoms with Crippen molar-refractivity contribution in [1.82, 2.24) is 5.32 Å². The number of benzene rings is 2. The lowest BCUT2D eigenvalue weighted by Gasteiger charge is -2.19. The average molecular weight is 365 g/mol. The molecule has 2 atom stereocenters. The summed E-state index contributed by atoms with van der Waals surface area (Å²) in [5, 5.41) is 12.0. The van der Waals surface area contributed by atoms with Crippen LogP contribution in [0.15, 0.2) is 48.5 Å².